The van der Waals surface area contributed by atoms with Crippen molar-refractivity contribution in [2.24, 2.45) is 5.41 Å². The highest BCUT2D eigenvalue weighted by Crippen LogP contribution is 2.29. The van der Waals surface area contributed by atoms with Gasteiger partial charge in [0, 0.05) is 6.07 Å². The number of aromatic hydroxyl groups is 1. The number of phenolic OH excluding ortho intramolecular Hbond substituents is 1. The smallest absolute Gasteiger partial charge is 0.177 e. The van der Waals surface area contributed by atoms with E-state index in [0.29, 0.717) is 5.75 Å². The number of hydrogen-bond acceptors (Lipinski definition) is 5. The van der Waals surface area contributed by atoms with Gasteiger partial charge in [0.15, 0.2) is 5.78 Å². The Balaban J connectivity index is 3.13. The number of rotatable bonds is 5. The highest BCUT2D eigenvalue weighted by atomic mass is 16.5. The third-order valence-electron chi connectivity index (χ3n) is 2.70. The monoisotopic (exact) mass is 240 g/mol. The van der Waals surface area contributed by atoms with Gasteiger partial charge < -0.3 is 20.1 Å². The predicted octanol–water partition coefficient (Wildman–Crippen LogP) is 0.574. The first kappa shape index (κ1) is 13.5. The highest BCUT2D eigenvalue weighted by Gasteiger charge is 2.34. The number of methoxy groups -OCH3 is 1. The molecule has 0 saturated heterocycles. The molecule has 5 nitrogen and oxygen atoms in total. The average Bonchev–Trinajstić information content (AvgIpc) is 2.36. The molecule has 0 spiro atoms. The third-order valence-corrected chi connectivity index (χ3v) is 2.70. The zero-order valence-corrected chi connectivity index (χ0v) is 9.80. The van der Waals surface area contributed by atoms with E-state index in [9.17, 15) is 9.90 Å². The van der Waals surface area contributed by atoms with E-state index >= 15 is 0 Å². The van der Waals surface area contributed by atoms with Gasteiger partial charge in [0.1, 0.15) is 11.5 Å². The number of Topliss-reactive ketones (excluding diaryl/α,β-unsaturated/α-hetero) is 1. The van der Waals surface area contributed by atoms with Crippen molar-refractivity contribution in [2.45, 2.75) is 6.92 Å². The van der Waals surface area contributed by atoms with Crippen LogP contribution in [0.1, 0.15) is 17.3 Å². The lowest BCUT2D eigenvalue weighted by molar-refractivity contribution is 0.0479. The van der Waals surface area contributed by atoms with E-state index in [4.69, 9.17) is 14.9 Å². The fourth-order valence-electron chi connectivity index (χ4n) is 1.35. The van der Waals surface area contributed by atoms with Gasteiger partial charge in [-0.25, -0.2) is 0 Å². The average molecular weight is 240 g/mol. The lowest BCUT2D eigenvalue weighted by Crippen LogP contribution is -2.35. The molecule has 17 heavy (non-hydrogen) atoms. The molecule has 0 radical (unpaired) electrons. The molecule has 1 aromatic rings. The number of hydrogen-bond donors (Lipinski definition) is 3. The third kappa shape index (κ3) is 2.57. The molecule has 1 aromatic carbocycles. The molecule has 0 aliphatic heterocycles. The molecule has 0 atom stereocenters. The molecule has 0 heterocycles. The number of benzene rings is 1. The molecule has 5 heteroatoms. The van der Waals surface area contributed by atoms with Crippen LogP contribution in [0.5, 0.6) is 11.5 Å². The minimum atomic E-state index is -1.30. The Bertz CT molecular complexity index is 409. The van der Waals surface area contributed by atoms with Crippen LogP contribution >= 0.6 is 0 Å². The van der Waals surface area contributed by atoms with Crippen molar-refractivity contribution < 1.29 is 24.9 Å². The van der Waals surface area contributed by atoms with Crippen molar-refractivity contribution in [2.75, 3.05) is 20.3 Å². The Hall–Kier alpha value is -1.59. The SMILES string of the molecule is COc1ccc(C(=O)C(C)(CO)CO)c(O)c1. The minimum Gasteiger partial charge on any atom is -0.507 e. The summed E-state index contributed by atoms with van der Waals surface area (Å²) in [6.07, 6.45) is 0. The lowest BCUT2D eigenvalue weighted by atomic mass is 9.83. The number of phenols is 1. The summed E-state index contributed by atoms with van der Waals surface area (Å²) in [5.74, 6) is -0.320. The molecule has 1 rings (SSSR count). The first-order chi connectivity index (χ1) is 7.98. The second kappa shape index (κ2) is 5.16. The maximum atomic E-state index is 12.0. The molecule has 0 bridgehead atoms. The van der Waals surface area contributed by atoms with E-state index in [0.717, 1.165) is 0 Å². The molecule has 94 valence electrons. The molecule has 3 N–H and O–H groups in total. The standard InChI is InChI=1S/C12H16O5/c1-12(6-13,7-14)11(16)9-4-3-8(17-2)5-10(9)15/h3-5,13-15H,6-7H2,1-2H3. The van der Waals surface area contributed by atoms with Crippen molar-refractivity contribution in [1.82, 2.24) is 0 Å². The highest BCUT2D eigenvalue weighted by molar-refractivity contribution is 6.02. The molecule has 0 aliphatic rings. The molecular weight excluding hydrogens is 224 g/mol. The Labute approximate surface area is 99.3 Å². The molecule has 0 aliphatic carbocycles. The maximum absolute atomic E-state index is 12.0. The molecule has 0 saturated carbocycles. The summed E-state index contributed by atoms with van der Waals surface area (Å²) in [7, 11) is 1.45. The van der Waals surface area contributed by atoms with E-state index in [1.807, 2.05) is 0 Å². The van der Waals surface area contributed by atoms with Gasteiger partial charge in [-0.2, -0.15) is 0 Å². The molecule has 0 amide bonds. The van der Waals surface area contributed by atoms with E-state index < -0.39 is 24.4 Å². The van der Waals surface area contributed by atoms with Crippen LogP contribution in [0.4, 0.5) is 0 Å². The van der Waals surface area contributed by atoms with Gasteiger partial charge in [-0.3, -0.25) is 4.79 Å². The van der Waals surface area contributed by atoms with Crippen molar-refractivity contribution in [3.63, 3.8) is 0 Å². The van der Waals surface area contributed by atoms with E-state index in [1.165, 1.54) is 32.2 Å². The largest absolute Gasteiger partial charge is 0.507 e. The van der Waals surface area contributed by atoms with Gasteiger partial charge in [0.05, 0.1) is 31.3 Å². The Kier molecular flexibility index (Phi) is 4.09. The van der Waals surface area contributed by atoms with E-state index in [2.05, 4.69) is 0 Å². The van der Waals surface area contributed by atoms with Crippen LogP contribution in [0.2, 0.25) is 0 Å². The van der Waals surface area contributed by atoms with Gasteiger partial charge in [0.2, 0.25) is 0 Å². The first-order valence-corrected chi connectivity index (χ1v) is 5.12. The lowest BCUT2D eigenvalue weighted by Gasteiger charge is -2.23. The molecular formula is C12H16O5. The summed E-state index contributed by atoms with van der Waals surface area (Å²) in [6.45, 7) is 0.445. The van der Waals surface area contributed by atoms with Gasteiger partial charge in [0.25, 0.3) is 0 Å². The van der Waals surface area contributed by atoms with Crippen LogP contribution in [0.3, 0.4) is 0 Å². The Morgan fingerprint density at radius 2 is 1.94 bits per heavy atom. The van der Waals surface area contributed by atoms with Gasteiger partial charge in [-0.05, 0) is 19.1 Å². The van der Waals surface area contributed by atoms with Crippen LogP contribution in [-0.2, 0) is 0 Å². The number of aliphatic hydroxyl groups is 2. The van der Waals surface area contributed by atoms with Crippen molar-refractivity contribution in [1.29, 1.82) is 0 Å². The number of ketones is 1. The molecule has 0 fully saturated rings. The molecule has 0 aromatic heterocycles. The van der Waals surface area contributed by atoms with Crippen molar-refractivity contribution in [3.05, 3.63) is 23.8 Å². The summed E-state index contributed by atoms with van der Waals surface area (Å²) in [5, 5.41) is 27.9. The second-order valence-electron chi connectivity index (χ2n) is 4.09. The zero-order chi connectivity index (χ0) is 13.1. The van der Waals surface area contributed by atoms with Crippen LogP contribution in [0.25, 0.3) is 0 Å². The number of aliphatic hydroxyl groups excluding tert-OH is 2. The minimum absolute atomic E-state index is 0.0522. The van der Waals surface area contributed by atoms with E-state index in [1.54, 1.807) is 0 Å². The topological polar surface area (TPSA) is 87.0 Å². The Morgan fingerprint density at radius 3 is 2.35 bits per heavy atom. The normalized spacial score (nSPS) is 11.3. The van der Waals surface area contributed by atoms with Crippen LogP contribution in [0.15, 0.2) is 18.2 Å². The maximum Gasteiger partial charge on any atom is 0.177 e. The summed E-state index contributed by atoms with van der Waals surface area (Å²) in [6, 6.07) is 4.24. The molecule has 0 unspecified atom stereocenters. The zero-order valence-electron chi connectivity index (χ0n) is 9.80. The fourth-order valence-corrected chi connectivity index (χ4v) is 1.35. The van der Waals surface area contributed by atoms with Crippen molar-refractivity contribution >= 4 is 5.78 Å². The number of ether oxygens (including phenoxy) is 1. The van der Waals surface area contributed by atoms with Crippen LogP contribution in [-0.4, -0.2) is 41.4 Å². The predicted molar refractivity (Wildman–Crippen MR) is 61.3 cm³/mol. The first-order valence-electron chi connectivity index (χ1n) is 5.12. The summed E-state index contributed by atoms with van der Waals surface area (Å²) in [4.78, 5) is 12.0. The fraction of sp³-hybridized carbons (Fsp3) is 0.417. The summed E-state index contributed by atoms with van der Waals surface area (Å²) < 4.78 is 4.90. The van der Waals surface area contributed by atoms with Crippen LogP contribution in [0, 0.1) is 5.41 Å². The van der Waals surface area contributed by atoms with E-state index in [-0.39, 0.29) is 11.3 Å². The number of carbonyl (C=O) groups is 1. The number of carbonyl (C=O) groups excluding carboxylic acids is 1. The Morgan fingerprint density at radius 1 is 1.35 bits per heavy atom. The second-order valence-corrected chi connectivity index (χ2v) is 4.09. The van der Waals surface area contributed by atoms with Gasteiger partial charge in [-0.1, -0.05) is 0 Å². The van der Waals surface area contributed by atoms with Gasteiger partial charge in [-0.15, -0.1) is 0 Å². The summed E-state index contributed by atoms with van der Waals surface area (Å²) >= 11 is 0. The summed E-state index contributed by atoms with van der Waals surface area (Å²) in [5.41, 5.74) is -1.25. The quantitative estimate of drug-likeness (QED) is 0.655. The van der Waals surface area contributed by atoms with Crippen molar-refractivity contribution in [3.8, 4) is 11.5 Å². The van der Waals surface area contributed by atoms with Crippen LogP contribution < -0.4 is 4.74 Å². The van der Waals surface area contributed by atoms with Gasteiger partial charge >= 0.3 is 0 Å².